The van der Waals surface area contributed by atoms with Gasteiger partial charge in [0, 0.05) is 0 Å². The number of benzene rings is 7. The number of halogens is 20. The fraction of sp³-hybridized carbons (Fsp3) is 0.160. The molecule has 22 heteroatoms. The van der Waals surface area contributed by atoms with Crippen molar-refractivity contribution in [3.05, 3.63) is 206 Å². The third-order valence-corrected chi connectivity index (χ3v) is 25.4. The van der Waals surface area contributed by atoms with Crippen molar-refractivity contribution in [2.45, 2.75) is 67.1 Å². The molecule has 0 bridgehead atoms. The summed E-state index contributed by atoms with van der Waals surface area (Å²) >= 11 is -9.74. The minimum absolute atomic E-state index is 0.0847. The third-order valence-electron chi connectivity index (χ3n) is 11.6. The van der Waals surface area contributed by atoms with Gasteiger partial charge in [0.1, 0.15) is 0 Å². The van der Waals surface area contributed by atoms with Crippen LogP contribution in [0.5, 0.6) is 0 Å². The molecule has 0 nitrogen and oxygen atoms in total. The van der Waals surface area contributed by atoms with Crippen LogP contribution in [0.4, 0.5) is 87.8 Å². The molecule has 0 heterocycles. The van der Waals surface area contributed by atoms with Crippen LogP contribution in [0, 0.1) is 116 Å². The molecule has 0 spiro atoms. The average Bonchev–Trinajstić information content (AvgIpc) is 3.34. The zero-order valence-electron chi connectivity index (χ0n) is 37.6. The van der Waals surface area contributed by atoms with Crippen LogP contribution in [-0.2, 0) is 21.7 Å². The first-order valence-corrected chi connectivity index (χ1v) is 26.7. The second-order valence-corrected chi connectivity index (χ2v) is 28.5. The molecule has 7 aromatic rings. The van der Waals surface area contributed by atoms with Crippen LogP contribution in [0.2, 0.25) is 0 Å². The number of hydrogen-bond acceptors (Lipinski definition) is 0. The predicted molar refractivity (Wildman–Crippen MR) is 228 cm³/mol. The summed E-state index contributed by atoms with van der Waals surface area (Å²) in [7, 11) is -0.0847. The second kappa shape index (κ2) is 20.2. The van der Waals surface area contributed by atoms with Gasteiger partial charge in [-0.2, -0.15) is 0 Å². The van der Waals surface area contributed by atoms with Crippen molar-refractivity contribution in [3.8, 4) is 0 Å². The van der Waals surface area contributed by atoms with E-state index in [-0.39, 0.29) is 21.7 Å². The van der Waals surface area contributed by atoms with E-state index in [1.165, 1.54) is 25.8 Å². The van der Waals surface area contributed by atoms with Crippen LogP contribution >= 0.6 is 0 Å². The Balaban J connectivity index is 0.000000266. The fourth-order valence-corrected chi connectivity index (χ4v) is 22.2. The number of hydrogen-bond donors (Lipinski definition) is 0. The Labute approximate surface area is 402 Å². The molecule has 0 atom stereocenters. The molecule has 7 aromatic carbocycles. The minimum atomic E-state index is -9.74. The Hall–Kier alpha value is -5.87. The van der Waals surface area contributed by atoms with Gasteiger partial charge in [0.25, 0.3) is 0 Å². The molecule has 0 fully saturated rings. The van der Waals surface area contributed by atoms with Crippen molar-refractivity contribution in [1.82, 2.24) is 0 Å². The van der Waals surface area contributed by atoms with E-state index in [4.69, 9.17) is 0 Å². The first kappa shape index (κ1) is 55.4. The van der Waals surface area contributed by atoms with Crippen molar-refractivity contribution in [2.75, 3.05) is 0 Å². The summed E-state index contributed by atoms with van der Waals surface area (Å²) in [6.07, 6.45) is 0. The monoisotopic (exact) mass is 1110 g/mol. The van der Waals surface area contributed by atoms with E-state index >= 15 is 35.1 Å². The van der Waals surface area contributed by atoms with Crippen molar-refractivity contribution in [2.24, 2.45) is 0 Å². The molecule has 7 rings (SSSR count). The molecule has 0 saturated carbocycles. The SMILES string of the molecule is CC(C)(C)c1ccc([S+](c2ccccc2)c2ccc(C(C)(C)C)cc2)cc1.Fc1c(F)c(F)[c]([Ga-]([c]2c(F)c(F)c(F)c(F)c2F)([c]2c(F)c(F)c(F)c(F)c2F)[c]2c(F)c(F)c(F)c(F)c2F)c(F)c1F. The Morgan fingerprint density at radius 2 is 0.431 bits per heavy atom. The van der Waals surface area contributed by atoms with Crippen molar-refractivity contribution >= 4 is 42.4 Å². The first-order valence-electron chi connectivity index (χ1n) is 20.6. The molecular weight excluding hydrogens is 1080 g/mol. The molecule has 0 amide bonds. The van der Waals surface area contributed by atoms with Crippen LogP contribution < -0.4 is 16.5 Å². The van der Waals surface area contributed by atoms with Crippen LogP contribution in [-0.4, -0.2) is 15.0 Å². The Morgan fingerprint density at radius 3 is 0.625 bits per heavy atom. The van der Waals surface area contributed by atoms with Gasteiger partial charge in [0.2, 0.25) is 0 Å². The van der Waals surface area contributed by atoms with Gasteiger partial charge in [0.05, 0.1) is 10.9 Å². The van der Waals surface area contributed by atoms with E-state index in [0.29, 0.717) is 0 Å². The summed E-state index contributed by atoms with van der Waals surface area (Å²) in [5, 5.41) is 0. The van der Waals surface area contributed by atoms with E-state index in [1.54, 1.807) is 0 Å². The zero-order valence-corrected chi connectivity index (χ0v) is 40.8. The standard InChI is InChI=1S/C26H31S.4C6F5.Ga/c1-25(2,3)20-12-16-23(17-13-20)27(22-10-8-7-9-11-22)24-18-14-21(15-19-24)26(4,5)6;4*7-2-1-3(8)5(10)6(11)4(2)9;/h7-19H,1-6H3;;;;;/q+1;;;;;-1. The number of rotatable bonds is 7. The predicted octanol–water partition coefficient (Wildman–Crippen LogP) is 13.2. The summed E-state index contributed by atoms with van der Waals surface area (Å²) in [5.74, 6) is -70.5. The molecule has 380 valence electrons. The Bertz CT molecular complexity index is 2800. The van der Waals surface area contributed by atoms with Crippen LogP contribution in [0.25, 0.3) is 0 Å². The molecular formula is C50H31F20GaS. The quantitative estimate of drug-likeness (QED) is 0.0491. The molecule has 0 unspecified atom stereocenters. The van der Waals surface area contributed by atoms with Crippen LogP contribution in [0.1, 0.15) is 52.7 Å². The molecule has 0 aliphatic rings. The van der Waals surface area contributed by atoms with E-state index in [9.17, 15) is 52.7 Å². The fourth-order valence-electron chi connectivity index (χ4n) is 8.02. The summed E-state index contributed by atoms with van der Waals surface area (Å²) in [6.45, 7) is 13.6. The molecule has 0 saturated heterocycles. The van der Waals surface area contributed by atoms with Gasteiger partial charge in [0.15, 0.2) is 14.7 Å². The van der Waals surface area contributed by atoms with E-state index in [1.807, 2.05) is 0 Å². The van der Waals surface area contributed by atoms with E-state index in [2.05, 4.69) is 120 Å². The maximum atomic E-state index is 15.4. The van der Waals surface area contributed by atoms with Gasteiger partial charge in [-0.25, -0.2) is 0 Å². The summed E-state index contributed by atoms with van der Waals surface area (Å²) in [5.41, 5.74) is 3.12. The Kier molecular flexibility index (Phi) is 15.6. The third kappa shape index (κ3) is 9.26. The molecule has 0 aromatic heterocycles. The first-order chi connectivity index (χ1) is 33.4. The van der Waals surface area contributed by atoms with Crippen molar-refractivity contribution in [1.29, 1.82) is 0 Å². The van der Waals surface area contributed by atoms with Gasteiger partial charge < -0.3 is 0 Å². The molecule has 0 aliphatic heterocycles. The van der Waals surface area contributed by atoms with Gasteiger partial charge in [-0.15, -0.1) is 0 Å². The Morgan fingerprint density at radius 1 is 0.250 bits per heavy atom. The summed E-state index contributed by atoms with van der Waals surface area (Å²) in [6, 6.07) is 29.3. The van der Waals surface area contributed by atoms with Gasteiger partial charge >= 0.3 is 236 Å². The molecule has 0 radical (unpaired) electrons. The van der Waals surface area contributed by atoms with Crippen LogP contribution in [0.15, 0.2) is 93.5 Å². The average molecular weight is 1110 g/mol. The zero-order chi connectivity index (χ0) is 54.0. The molecule has 72 heavy (non-hydrogen) atoms. The normalized spacial score (nSPS) is 12.2. The van der Waals surface area contributed by atoms with Crippen LogP contribution in [0.3, 0.4) is 0 Å². The second-order valence-electron chi connectivity index (χ2n) is 18.0. The van der Waals surface area contributed by atoms with Crippen molar-refractivity contribution in [3.63, 3.8) is 0 Å². The molecule has 0 aliphatic carbocycles. The summed E-state index contributed by atoms with van der Waals surface area (Å²) in [4.78, 5) is 4.11. The topological polar surface area (TPSA) is 0 Å². The van der Waals surface area contributed by atoms with E-state index < -0.39 is 148 Å². The summed E-state index contributed by atoms with van der Waals surface area (Å²) < 4.78 is 281. The van der Waals surface area contributed by atoms with Gasteiger partial charge in [-0.1, -0.05) is 84.0 Å². The maximum absolute atomic E-state index is 15.4. The van der Waals surface area contributed by atoms with Crippen molar-refractivity contribution < 1.29 is 87.8 Å². The van der Waals surface area contributed by atoms with E-state index in [0.717, 1.165) is 0 Å². The van der Waals surface area contributed by atoms with Gasteiger partial charge in [-0.05, 0) is 58.4 Å². The van der Waals surface area contributed by atoms with Gasteiger partial charge in [-0.3, -0.25) is 0 Å². The molecule has 0 N–H and O–H groups in total.